The van der Waals surface area contributed by atoms with Crippen molar-refractivity contribution in [1.82, 2.24) is 20.5 Å². The van der Waals surface area contributed by atoms with Crippen molar-refractivity contribution in [3.63, 3.8) is 0 Å². The fourth-order valence-electron chi connectivity index (χ4n) is 3.07. The fourth-order valence-corrected chi connectivity index (χ4v) is 3.07. The molecule has 0 bridgehead atoms. The molecule has 29 heavy (non-hydrogen) atoms. The highest BCUT2D eigenvalue weighted by molar-refractivity contribution is 6.09. The van der Waals surface area contributed by atoms with Crippen molar-refractivity contribution in [3.8, 4) is 0 Å². The number of hydrogen-bond acceptors (Lipinski definition) is 5. The molecule has 7 nitrogen and oxygen atoms in total. The molecule has 158 valence electrons. The number of aryl methyl sites for hydroxylation is 1. The molecule has 1 aromatic carbocycles. The Bertz CT molecular complexity index is 799. The first-order valence-electron chi connectivity index (χ1n) is 9.17. The lowest BCUT2D eigenvalue weighted by atomic mass is 10.1. The minimum absolute atomic E-state index is 0. The van der Waals surface area contributed by atoms with E-state index in [0.29, 0.717) is 23.4 Å². The van der Waals surface area contributed by atoms with E-state index in [9.17, 15) is 9.59 Å². The Morgan fingerprint density at radius 2 is 1.76 bits per heavy atom. The van der Waals surface area contributed by atoms with Gasteiger partial charge in [0, 0.05) is 57.2 Å². The minimum Gasteiger partial charge on any atom is -0.351 e. The molecule has 1 fully saturated rings. The third-order valence-electron chi connectivity index (χ3n) is 4.62. The highest BCUT2D eigenvalue weighted by Gasteiger charge is 2.17. The SMILES string of the molecule is Cc1cccc(C(=O)NCCN2CCNCC2)c1NC(=O)c1ccncc1.Cl.Cl. The Labute approximate surface area is 183 Å². The van der Waals surface area contributed by atoms with E-state index in [1.165, 1.54) is 0 Å². The molecule has 0 spiro atoms. The number of hydrogen-bond donors (Lipinski definition) is 3. The quantitative estimate of drug-likeness (QED) is 0.641. The Morgan fingerprint density at radius 3 is 2.45 bits per heavy atom. The number of carbonyl (C=O) groups excluding carboxylic acids is 2. The Balaban J connectivity index is 0.00000210. The van der Waals surface area contributed by atoms with Crippen LogP contribution in [0.1, 0.15) is 26.3 Å². The van der Waals surface area contributed by atoms with E-state index in [1.807, 2.05) is 19.1 Å². The third kappa shape index (κ3) is 6.97. The summed E-state index contributed by atoms with van der Waals surface area (Å²) in [7, 11) is 0. The van der Waals surface area contributed by atoms with Crippen molar-refractivity contribution >= 4 is 42.3 Å². The summed E-state index contributed by atoms with van der Waals surface area (Å²) in [6.07, 6.45) is 3.13. The number of aromatic nitrogens is 1. The molecule has 2 heterocycles. The summed E-state index contributed by atoms with van der Waals surface area (Å²) >= 11 is 0. The lowest BCUT2D eigenvalue weighted by Gasteiger charge is -2.27. The van der Waals surface area contributed by atoms with E-state index in [-0.39, 0.29) is 36.6 Å². The van der Waals surface area contributed by atoms with Crippen LogP contribution < -0.4 is 16.0 Å². The number of rotatable bonds is 6. The molecule has 0 unspecified atom stereocenters. The summed E-state index contributed by atoms with van der Waals surface area (Å²) < 4.78 is 0. The van der Waals surface area contributed by atoms with Crippen LogP contribution in [-0.2, 0) is 0 Å². The zero-order valence-corrected chi connectivity index (χ0v) is 17.9. The number of para-hydroxylation sites is 1. The number of pyridine rings is 1. The van der Waals surface area contributed by atoms with E-state index in [4.69, 9.17) is 0 Å². The summed E-state index contributed by atoms with van der Waals surface area (Å²) in [5, 5.41) is 9.15. The van der Waals surface area contributed by atoms with Crippen LogP contribution in [0.3, 0.4) is 0 Å². The molecule has 9 heteroatoms. The van der Waals surface area contributed by atoms with Gasteiger partial charge in [0.15, 0.2) is 0 Å². The second kappa shape index (κ2) is 12.4. The molecule has 0 aliphatic carbocycles. The van der Waals surface area contributed by atoms with Gasteiger partial charge in [0.2, 0.25) is 0 Å². The average molecular weight is 440 g/mol. The number of piperazine rings is 1. The minimum atomic E-state index is -0.262. The summed E-state index contributed by atoms with van der Waals surface area (Å²) in [5.41, 5.74) is 2.35. The van der Waals surface area contributed by atoms with Gasteiger partial charge in [-0.2, -0.15) is 0 Å². The van der Waals surface area contributed by atoms with Gasteiger partial charge in [-0.05, 0) is 30.7 Å². The number of halogens is 2. The van der Waals surface area contributed by atoms with Crippen molar-refractivity contribution in [3.05, 3.63) is 59.4 Å². The summed E-state index contributed by atoms with van der Waals surface area (Å²) in [5.74, 6) is -0.444. The Kier molecular flexibility index (Phi) is 10.6. The predicted molar refractivity (Wildman–Crippen MR) is 120 cm³/mol. The normalized spacial score (nSPS) is 13.6. The second-order valence-corrected chi connectivity index (χ2v) is 6.54. The molecule has 2 aromatic rings. The highest BCUT2D eigenvalue weighted by Crippen LogP contribution is 2.21. The van der Waals surface area contributed by atoms with Gasteiger partial charge in [-0.15, -0.1) is 24.8 Å². The number of benzene rings is 1. The van der Waals surface area contributed by atoms with Gasteiger partial charge in [0.1, 0.15) is 0 Å². The van der Waals surface area contributed by atoms with Gasteiger partial charge in [0.05, 0.1) is 11.3 Å². The molecule has 1 saturated heterocycles. The molecule has 3 rings (SSSR count). The van der Waals surface area contributed by atoms with Crippen LogP contribution >= 0.6 is 24.8 Å². The summed E-state index contributed by atoms with van der Waals surface area (Å²) in [6, 6.07) is 8.71. The molecule has 0 saturated carbocycles. The van der Waals surface area contributed by atoms with Crippen LogP contribution in [0.25, 0.3) is 0 Å². The van der Waals surface area contributed by atoms with Crippen LogP contribution in [0.5, 0.6) is 0 Å². The lowest BCUT2D eigenvalue weighted by Crippen LogP contribution is -2.46. The molecule has 3 N–H and O–H groups in total. The number of amides is 2. The monoisotopic (exact) mass is 439 g/mol. The summed E-state index contributed by atoms with van der Waals surface area (Å²) in [6.45, 7) is 7.22. The largest absolute Gasteiger partial charge is 0.351 e. The Hall–Kier alpha value is -2.19. The van der Waals surface area contributed by atoms with E-state index >= 15 is 0 Å². The smallest absolute Gasteiger partial charge is 0.255 e. The molecular formula is C20H27Cl2N5O2. The maximum atomic E-state index is 12.7. The van der Waals surface area contributed by atoms with Gasteiger partial charge < -0.3 is 16.0 Å². The van der Waals surface area contributed by atoms with E-state index in [1.54, 1.807) is 30.6 Å². The number of carbonyl (C=O) groups is 2. The van der Waals surface area contributed by atoms with Crippen molar-refractivity contribution < 1.29 is 9.59 Å². The maximum Gasteiger partial charge on any atom is 0.255 e. The number of nitrogens with zero attached hydrogens (tertiary/aromatic N) is 2. The molecule has 1 aromatic heterocycles. The van der Waals surface area contributed by atoms with Crippen molar-refractivity contribution in [1.29, 1.82) is 0 Å². The molecule has 1 aliphatic rings. The molecule has 2 amide bonds. The van der Waals surface area contributed by atoms with Gasteiger partial charge in [-0.25, -0.2) is 0 Å². The number of nitrogens with one attached hydrogen (secondary N) is 3. The van der Waals surface area contributed by atoms with E-state index in [2.05, 4.69) is 25.8 Å². The zero-order chi connectivity index (χ0) is 19.1. The molecule has 1 aliphatic heterocycles. The zero-order valence-electron chi connectivity index (χ0n) is 16.3. The van der Waals surface area contributed by atoms with Crippen molar-refractivity contribution in [2.24, 2.45) is 0 Å². The van der Waals surface area contributed by atoms with Gasteiger partial charge >= 0.3 is 0 Å². The first-order valence-corrected chi connectivity index (χ1v) is 9.17. The van der Waals surface area contributed by atoms with Gasteiger partial charge in [-0.3, -0.25) is 19.5 Å². The van der Waals surface area contributed by atoms with Crippen LogP contribution in [0.4, 0.5) is 5.69 Å². The molecule has 0 radical (unpaired) electrons. The maximum absolute atomic E-state index is 12.7. The standard InChI is InChI=1S/C20H25N5O2.2ClH/c1-15-3-2-4-17(18(15)24-19(26)16-5-7-21-8-6-16)20(27)23-11-14-25-12-9-22-10-13-25;;/h2-8,22H,9-14H2,1H3,(H,23,27)(H,24,26);2*1H. The lowest BCUT2D eigenvalue weighted by molar-refractivity contribution is 0.0948. The summed E-state index contributed by atoms with van der Waals surface area (Å²) in [4.78, 5) is 31.4. The van der Waals surface area contributed by atoms with Crippen LogP contribution in [0.15, 0.2) is 42.7 Å². The van der Waals surface area contributed by atoms with Crippen molar-refractivity contribution in [2.75, 3.05) is 44.6 Å². The van der Waals surface area contributed by atoms with Crippen LogP contribution in [0, 0.1) is 6.92 Å². The van der Waals surface area contributed by atoms with E-state index < -0.39 is 0 Å². The Morgan fingerprint density at radius 1 is 1.07 bits per heavy atom. The average Bonchev–Trinajstić information content (AvgIpc) is 2.71. The van der Waals surface area contributed by atoms with E-state index in [0.717, 1.165) is 38.3 Å². The fraction of sp³-hybridized carbons (Fsp3) is 0.350. The first kappa shape index (κ1) is 24.8. The molecular weight excluding hydrogens is 413 g/mol. The van der Waals surface area contributed by atoms with Gasteiger partial charge in [0.25, 0.3) is 11.8 Å². The molecule has 0 atom stereocenters. The third-order valence-corrected chi connectivity index (χ3v) is 4.62. The van der Waals surface area contributed by atoms with Crippen LogP contribution in [-0.4, -0.2) is 61.0 Å². The predicted octanol–water partition coefficient (Wildman–Crippen LogP) is 2.12. The van der Waals surface area contributed by atoms with Crippen LogP contribution in [0.2, 0.25) is 0 Å². The van der Waals surface area contributed by atoms with Gasteiger partial charge in [-0.1, -0.05) is 12.1 Å². The first-order chi connectivity index (χ1) is 13.1. The second-order valence-electron chi connectivity index (χ2n) is 6.54. The number of anilines is 1. The topological polar surface area (TPSA) is 86.4 Å². The van der Waals surface area contributed by atoms with Crippen molar-refractivity contribution in [2.45, 2.75) is 6.92 Å². The highest BCUT2D eigenvalue weighted by atomic mass is 35.5.